The van der Waals surface area contributed by atoms with Gasteiger partial charge in [-0.2, -0.15) is 13.2 Å². The first-order valence-corrected chi connectivity index (χ1v) is 6.00. The molecule has 0 heterocycles. The summed E-state index contributed by atoms with van der Waals surface area (Å²) in [5.74, 6) is -1.32. The molecule has 0 saturated heterocycles. The average molecular weight is 224 g/mol. The van der Waals surface area contributed by atoms with Crippen molar-refractivity contribution in [3.63, 3.8) is 0 Å². The molecule has 1 unspecified atom stereocenters. The minimum absolute atomic E-state index is 0.176. The summed E-state index contributed by atoms with van der Waals surface area (Å²) >= 11 is 0. The molecule has 0 radical (unpaired) electrons. The third-order valence-corrected chi connectivity index (χ3v) is 3.08. The number of alkyl halides is 3. The maximum Gasteiger partial charge on any atom is 0.391 e. The summed E-state index contributed by atoms with van der Waals surface area (Å²) in [6, 6.07) is 0. The number of hydrogen-bond donors (Lipinski definition) is 0. The molecular formula is C12H23F3. The van der Waals surface area contributed by atoms with E-state index in [-0.39, 0.29) is 5.92 Å². The van der Waals surface area contributed by atoms with Gasteiger partial charge in [0.05, 0.1) is 5.92 Å². The van der Waals surface area contributed by atoms with E-state index in [1.807, 2.05) is 13.8 Å². The van der Waals surface area contributed by atoms with Gasteiger partial charge in [0.1, 0.15) is 0 Å². The Hall–Kier alpha value is -0.210. The molecule has 0 nitrogen and oxygen atoms in total. The molecule has 0 aromatic rings. The molecule has 0 amide bonds. The normalized spacial score (nSPS) is 14.6. The van der Waals surface area contributed by atoms with Gasteiger partial charge in [0.25, 0.3) is 0 Å². The van der Waals surface area contributed by atoms with Crippen molar-refractivity contribution in [2.75, 3.05) is 0 Å². The highest BCUT2D eigenvalue weighted by molar-refractivity contribution is 4.72. The van der Waals surface area contributed by atoms with Crippen LogP contribution in [-0.2, 0) is 0 Å². The molecule has 1 atom stereocenters. The summed E-state index contributed by atoms with van der Waals surface area (Å²) in [6.07, 6.45) is 1.20. The first-order valence-electron chi connectivity index (χ1n) is 6.00. The van der Waals surface area contributed by atoms with Crippen molar-refractivity contribution in [1.82, 2.24) is 0 Å². The van der Waals surface area contributed by atoms with Gasteiger partial charge in [0, 0.05) is 0 Å². The Morgan fingerprint density at radius 3 is 1.60 bits per heavy atom. The maximum atomic E-state index is 12.6. The molecule has 0 saturated carbocycles. The molecule has 15 heavy (non-hydrogen) atoms. The summed E-state index contributed by atoms with van der Waals surface area (Å²) in [5, 5.41) is 0. The number of hydrogen-bond acceptors (Lipinski definition) is 0. The summed E-state index contributed by atoms with van der Waals surface area (Å²) in [6.45, 7) is 5.38. The van der Waals surface area contributed by atoms with Crippen LogP contribution in [0.4, 0.5) is 13.2 Å². The van der Waals surface area contributed by atoms with Crippen molar-refractivity contribution >= 4 is 0 Å². The van der Waals surface area contributed by atoms with Gasteiger partial charge in [-0.3, -0.25) is 0 Å². The van der Waals surface area contributed by atoms with Gasteiger partial charge in [-0.15, -0.1) is 0 Å². The monoisotopic (exact) mass is 224 g/mol. The van der Waals surface area contributed by atoms with Crippen LogP contribution in [0.1, 0.15) is 59.3 Å². The topological polar surface area (TPSA) is 0 Å². The summed E-state index contributed by atoms with van der Waals surface area (Å²) < 4.78 is 37.7. The Kier molecular flexibility index (Phi) is 7.03. The highest BCUT2D eigenvalue weighted by atomic mass is 19.4. The largest absolute Gasteiger partial charge is 0.391 e. The number of unbranched alkanes of at least 4 members (excludes halogenated alkanes) is 2. The Balaban J connectivity index is 4.20. The van der Waals surface area contributed by atoms with Crippen LogP contribution in [0.2, 0.25) is 0 Å². The summed E-state index contributed by atoms with van der Waals surface area (Å²) in [5.41, 5.74) is 0. The minimum atomic E-state index is -4.02. The van der Waals surface area contributed by atoms with Crippen molar-refractivity contribution in [3.05, 3.63) is 0 Å². The van der Waals surface area contributed by atoms with Gasteiger partial charge >= 0.3 is 6.18 Å². The van der Waals surface area contributed by atoms with Gasteiger partial charge in [-0.05, 0) is 18.8 Å². The van der Waals surface area contributed by atoms with Gasteiger partial charge in [-0.1, -0.05) is 46.5 Å². The van der Waals surface area contributed by atoms with E-state index in [0.717, 1.165) is 38.5 Å². The van der Waals surface area contributed by atoms with E-state index in [1.165, 1.54) is 6.92 Å². The zero-order chi connectivity index (χ0) is 11.9. The van der Waals surface area contributed by atoms with Crippen LogP contribution in [0.3, 0.4) is 0 Å². The van der Waals surface area contributed by atoms with E-state index in [1.54, 1.807) is 0 Å². The Labute approximate surface area is 91.3 Å². The van der Waals surface area contributed by atoms with E-state index in [0.29, 0.717) is 0 Å². The first kappa shape index (κ1) is 14.8. The van der Waals surface area contributed by atoms with Crippen molar-refractivity contribution in [1.29, 1.82) is 0 Å². The quantitative estimate of drug-likeness (QED) is 0.559. The zero-order valence-electron chi connectivity index (χ0n) is 10.0. The molecule has 0 aliphatic rings. The van der Waals surface area contributed by atoms with E-state index in [2.05, 4.69) is 0 Å². The standard InChI is InChI=1S/C12H23F3/c1-4-6-8-11(9-7-5-2)10(3)12(13,14)15/h10-11H,4-9H2,1-3H3. The molecule has 0 aromatic heterocycles. The molecule has 0 aliphatic heterocycles. The van der Waals surface area contributed by atoms with Crippen LogP contribution in [-0.4, -0.2) is 6.18 Å². The Morgan fingerprint density at radius 1 is 0.933 bits per heavy atom. The Bertz CT molecular complexity index is 143. The smallest absolute Gasteiger partial charge is 0.171 e. The van der Waals surface area contributed by atoms with Crippen molar-refractivity contribution in [2.45, 2.75) is 65.5 Å². The molecular weight excluding hydrogens is 201 g/mol. The number of rotatable bonds is 7. The molecule has 0 N–H and O–H groups in total. The fourth-order valence-electron chi connectivity index (χ4n) is 1.84. The fraction of sp³-hybridized carbons (Fsp3) is 1.00. The molecule has 0 spiro atoms. The lowest BCUT2D eigenvalue weighted by Crippen LogP contribution is -2.27. The molecule has 0 rings (SSSR count). The predicted molar refractivity (Wildman–Crippen MR) is 57.8 cm³/mol. The van der Waals surface area contributed by atoms with Crippen LogP contribution in [0, 0.1) is 11.8 Å². The zero-order valence-corrected chi connectivity index (χ0v) is 10.0. The minimum Gasteiger partial charge on any atom is -0.171 e. The van der Waals surface area contributed by atoms with E-state index < -0.39 is 12.1 Å². The summed E-state index contributed by atoms with van der Waals surface area (Å²) in [4.78, 5) is 0. The molecule has 0 aromatic carbocycles. The van der Waals surface area contributed by atoms with Crippen LogP contribution >= 0.6 is 0 Å². The van der Waals surface area contributed by atoms with Gasteiger partial charge in [0.2, 0.25) is 0 Å². The highest BCUT2D eigenvalue weighted by Gasteiger charge is 2.40. The number of halogens is 3. The molecule has 0 fully saturated rings. The van der Waals surface area contributed by atoms with E-state index in [9.17, 15) is 13.2 Å². The molecule has 0 aliphatic carbocycles. The van der Waals surface area contributed by atoms with Crippen molar-refractivity contribution in [3.8, 4) is 0 Å². The van der Waals surface area contributed by atoms with Gasteiger partial charge < -0.3 is 0 Å². The second-order valence-electron chi connectivity index (χ2n) is 4.37. The average Bonchev–Trinajstić information content (AvgIpc) is 2.16. The lowest BCUT2D eigenvalue weighted by atomic mass is 9.85. The maximum absolute atomic E-state index is 12.6. The van der Waals surface area contributed by atoms with Crippen LogP contribution < -0.4 is 0 Å². The van der Waals surface area contributed by atoms with Gasteiger partial charge in [0.15, 0.2) is 0 Å². The SMILES string of the molecule is CCCCC(CCCC)C(C)C(F)(F)F. The third-order valence-electron chi connectivity index (χ3n) is 3.08. The molecule has 0 bridgehead atoms. The highest BCUT2D eigenvalue weighted by Crippen LogP contribution is 2.36. The predicted octanol–water partition coefficient (Wildman–Crippen LogP) is 5.18. The van der Waals surface area contributed by atoms with E-state index in [4.69, 9.17) is 0 Å². The van der Waals surface area contributed by atoms with Crippen LogP contribution in [0.5, 0.6) is 0 Å². The Morgan fingerprint density at radius 2 is 1.33 bits per heavy atom. The molecule has 92 valence electrons. The lowest BCUT2D eigenvalue weighted by Gasteiger charge is -2.26. The lowest BCUT2D eigenvalue weighted by molar-refractivity contribution is -0.184. The second-order valence-corrected chi connectivity index (χ2v) is 4.37. The van der Waals surface area contributed by atoms with Crippen LogP contribution in [0.25, 0.3) is 0 Å². The van der Waals surface area contributed by atoms with E-state index >= 15 is 0 Å². The van der Waals surface area contributed by atoms with Crippen LogP contribution in [0.15, 0.2) is 0 Å². The van der Waals surface area contributed by atoms with Crippen molar-refractivity contribution < 1.29 is 13.2 Å². The fourth-order valence-corrected chi connectivity index (χ4v) is 1.84. The van der Waals surface area contributed by atoms with Crippen molar-refractivity contribution in [2.24, 2.45) is 11.8 Å². The van der Waals surface area contributed by atoms with Gasteiger partial charge in [-0.25, -0.2) is 0 Å². The first-order chi connectivity index (χ1) is 6.93. The second kappa shape index (κ2) is 7.13. The molecule has 3 heteroatoms. The summed E-state index contributed by atoms with van der Waals surface area (Å²) in [7, 11) is 0. The third kappa shape index (κ3) is 6.06.